The minimum atomic E-state index is -1.47. The lowest BCUT2D eigenvalue weighted by Crippen LogP contribution is -2.52. The predicted octanol–water partition coefficient (Wildman–Crippen LogP) is -0.844. The standard InChI is InChI=1S/C9H19N3O4/c1-7(12-15)16-8(14)9(11,6-13)4-2-3-5-10/h13,15H,2-6,10-11H2,1H3/t9-/m1/s1. The lowest BCUT2D eigenvalue weighted by Gasteiger charge is -2.24. The number of unbranched alkanes of at least 4 members (excludes halogenated alkanes) is 1. The molecule has 0 saturated heterocycles. The molecular weight excluding hydrogens is 214 g/mol. The third-order valence-corrected chi connectivity index (χ3v) is 2.15. The molecule has 6 N–H and O–H groups in total. The molecule has 0 aromatic carbocycles. The van der Waals surface area contributed by atoms with Crippen LogP contribution in [0.4, 0.5) is 0 Å². The van der Waals surface area contributed by atoms with Crippen LogP contribution in [0.2, 0.25) is 0 Å². The van der Waals surface area contributed by atoms with Gasteiger partial charge in [0.2, 0.25) is 5.90 Å². The summed E-state index contributed by atoms with van der Waals surface area (Å²) in [6.45, 7) is 1.26. The van der Waals surface area contributed by atoms with Crippen LogP contribution in [-0.2, 0) is 9.53 Å². The number of hydrogen-bond donors (Lipinski definition) is 4. The van der Waals surface area contributed by atoms with Gasteiger partial charge in [-0.2, -0.15) is 0 Å². The molecule has 7 heteroatoms. The van der Waals surface area contributed by atoms with Crippen LogP contribution in [-0.4, -0.2) is 40.9 Å². The Balaban J connectivity index is 4.37. The summed E-state index contributed by atoms with van der Waals surface area (Å²) in [7, 11) is 0. The number of nitrogens with zero attached hydrogens (tertiary/aromatic N) is 1. The molecule has 0 amide bonds. The fourth-order valence-electron chi connectivity index (χ4n) is 1.09. The molecule has 0 unspecified atom stereocenters. The minimum absolute atomic E-state index is 0.216. The van der Waals surface area contributed by atoms with E-state index in [9.17, 15) is 4.79 Å². The Morgan fingerprint density at radius 3 is 2.56 bits per heavy atom. The lowest BCUT2D eigenvalue weighted by molar-refractivity contribution is -0.143. The first-order chi connectivity index (χ1) is 7.50. The molecular formula is C9H19N3O4. The van der Waals surface area contributed by atoms with Gasteiger partial charge < -0.3 is 26.5 Å². The van der Waals surface area contributed by atoms with Gasteiger partial charge in [0.1, 0.15) is 5.54 Å². The zero-order chi connectivity index (χ0) is 12.6. The van der Waals surface area contributed by atoms with E-state index in [-0.39, 0.29) is 12.3 Å². The number of aliphatic hydroxyl groups is 1. The maximum absolute atomic E-state index is 11.5. The average molecular weight is 233 g/mol. The Morgan fingerprint density at radius 1 is 1.50 bits per heavy atom. The summed E-state index contributed by atoms with van der Waals surface area (Å²) in [4.78, 5) is 11.5. The molecule has 94 valence electrons. The molecule has 0 aromatic heterocycles. The van der Waals surface area contributed by atoms with Crippen molar-refractivity contribution in [1.29, 1.82) is 0 Å². The maximum Gasteiger partial charge on any atom is 0.335 e. The first kappa shape index (κ1) is 14.8. The zero-order valence-electron chi connectivity index (χ0n) is 9.35. The molecule has 0 bridgehead atoms. The average Bonchev–Trinajstić information content (AvgIpc) is 2.28. The summed E-state index contributed by atoms with van der Waals surface area (Å²) in [6, 6.07) is 0. The molecule has 0 aliphatic carbocycles. The van der Waals surface area contributed by atoms with Crippen molar-refractivity contribution in [2.45, 2.75) is 31.7 Å². The molecule has 0 rings (SSSR count). The molecule has 0 spiro atoms. The molecule has 0 radical (unpaired) electrons. The Labute approximate surface area is 94.1 Å². The highest BCUT2D eigenvalue weighted by molar-refractivity contribution is 5.92. The number of hydrogen-bond acceptors (Lipinski definition) is 7. The summed E-state index contributed by atoms with van der Waals surface area (Å²) >= 11 is 0. The second-order valence-electron chi connectivity index (χ2n) is 3.57. The van der Waals surface area contributed by atoms with Crippen LogP contribution < -0.4 is 11.5 Å². The Bertz CT molecular complexity index is 257. The van der Waals surface area contributed by atoms with E-state index in [0.717, 1.165) is 0 Å². The van der Waals surface area contributed by atoms with Crippen LogP contribution in [0.3, 0.4) is 0 Å². The number of oxime groups is 1. The molecule has 0 saturated carbocycles. The van der Waals surface area contributed by atoms with Gasteiger partial charge in [0, 0.05) is 6.92 Å². The Morgan fingerprint density at radius 2 is 2.12 bits per heavy atom. The van der Waals surface area contributed by atoms with E-state index in [1.165, 1.54) is 6.92 Å². The van der Waals surface area contributed by atoms with E-state index >= 15 is 0 Å². The van der Waals surface area contributed by atoms with Gasteiger partial charge in [0.25, 0.3) is 0 Å². The van der Waals surface area contributed by atoms with Crippen molar-refractivity contribution in [3.63, 3.8) is 0 Å². The summed E-state index contributed by atoms with van der Waals surface area (Å²) in [5, 5.41) is 20.1. The van der Waals surface area contributed by atoms with Crippen molar-refractivity contribution in [2.75, 3.05) is 13.2 Å². The van der Waals surface area contributed by atoms with Crippen molar-refractivity contribution in [1.82, 2.24) is 0 Å². The highest BCUT2D eigenvalue weighted by Crippen LogP contribution is 2.13. The second-order valence-corrected chi connectivity index (χ2v) is 3.57. The first-order valence-electron chi connectivity index (χ1n) is 5.01. The van der Waals surface area contributed by atoms with Crippen molar-refractivity contribution >= 4 is 11.9 Å². The number of nitrogens with two attached hydrogens (primary N) is 2. The van der Waals surface area contributed by atoms with Gasteiger partial charge in [-0.1, -0.05) is 5.16 Å². The Kier molecular flexibility index (Phi) is 6.63. The number of aliphatic hydroxyl groups excluding tert-OH is 1. The van der Waals surface area contributed by atoms with E-state index in [2.05, 4.69) is 9.89 Å². The number of esters is 1. The van der Waals surface area contributed by atoms with Crippen molar-refractivity contribution in [2.24, 2.45) is 16.6 Å². The van der Waals surface area contributed by atoms with Crippen LogP contribution in [0.1, 0.15) is 26.2 Å². The van der Waals surface area contributed by atoms with Crippen molar-refractivity contribution < 1.29 is 19.8 Å². The summed E-state index contributed by atoms with van der Waals surface area (Å²) in [6.07, 6.45) is 1.58. The van der Waals surface area contributed by atoms with E-state index in [4.69, 9.17) is 21.8 Å². The lowest BCUT2D eigenvalue weighted by atomic mass is 9.95. The van der Waals surface area contributed by atoms with Gasteiger partial charge in [0.05, 0.1) is 6.61 Å². The van der Waals surface area contributed by atoms with Crippen LogP contribution in [0, 0.1) is 0 Å². The zero-order valence-corrected chi connectivity index (χ0v) is 9.35. The summed E-state index contributed by atoms with van der Waals surface area (Å²) in [5.74, 6) is -1.03. The number of carbonyl (C=O) groups is 1. The molecule has 1 atom stereocenters. The van der Waals surface area contributed by atoms with E-state index < -0.39 is 18.1 Å². The Hall–Kier alpha value is -1.18. The van der Waals surface area contributed by atoms with Gasteiger partial charge in [-0.05, 0) is 25.8 Å². The SMILES string of the molecule is CC(=NO)OC(=O)[C@](N)(CO)CCCCN. The molecule has 0 aliphatic rings. The molecule has 16 heavy (non-hydrogen) atoms. The third kappa shape index (κ3) is 4.56. The number of ether oxygens (including phenoxy) is 1. The number of carbonyl (C=O) groups excluding carboxylic acids is 1. The maximum atomic E-state index is 11.5. The molecule has 7 nitrogen and oxygen atoms in total. The van der Waals surface area contributed by atoms with Gasteiger partial charge in [-0.25, -0.2) is 4.79 Å². The highest BCUT2D eigenvalue weighted by atomic mass is 16.6. The fourth-order valence-corrected chi connectivity index (χ4v) is 1.09. The molecule has 0 fully saturated rings. The van der Waals surface area contributed by atoms with Crippen molar-refractivity contribution in [3.05, 3.63) is 0 Å². The fraction of sp³-hybridized carbons (Fsp3) is 0.778. The smallest absolute Gasteiger partial charge is 0.335 e. The van der Waals surface area contributed by atoms with Gasteiger partial charge in [0.15, 0.2) is 0 Å². The quantitative estimate of drug-likeness (QED) is 0.118. The van der Waals surface area contributed by atoms with Crippen LogP contribution in [0.25, 0.3) is 0 Å². The highest BCUT2D eigenvalue weighted by Gasteiger charge is 2.35. The predicted molar refractivity (Wildman–Crippen MR) is 57.9 cm³/mol. The van der Waals surface area contributed by atoms with Gasteiger partial charge in [-0.15, -0.1) is 0 Å². The minimum Gasteiger partial charge on any atom is -0.408 e. The van der Waals surface area contributed by atoms with E-state index in [0.29, 0.717) is 19.4 Å². The van der Waals surface area contributed by atoms with Crippen molar-refractivity contribution in [3.8, 4) is 0 Å². The van der Waals surface area contributed by atoms with Crippen LogP contribution in [0.5, 0.6) is 0 Å². The van der Waals surface area contributed by atoms with Gasteiger partial charge >= 0.3 is 5.97 Å². The number of rotatable bonds is 6. The van der Waals surface area contributed by atoms with Gasteiger partial charge in [-0.3, -0.25) is 0 Å². The van der Waals surface area contributed by atoms with E-state index in [1.807, 2.05) is 0 Å². The van der Waals surface area contributed by atoms with E-state index in [1.54, 1.807) is 0 Å². The molecule has 0 aliphatic heterocycles. The summed E-state index contributed by atoms with van der Waals surface area (Å²) in [5.41, 5.74) is 9.52. The topological polar surface area (TPSA) is 131 Å². The van der Waals surface area contributed by atoms with Crippen LogP contribution >= 0.6 is 0 Å². The largest absolute Gasteiger partial charge is 0.408 e. The third-order valence-electron chi connectivity index (χ3n) is 2.15. The normalized spacial score (nSPS) is 15.6. The monoisotopic (exact) mass is 233 g/mol. The summed E-state index contributed by atoms with van der Waals surface area (Å²) < 4.78 is 4.63. The molecule has 0 aromatic rings. The molecule has 0 heterocycles. The second kappa shape index (κ2) is 7.15. The van der Waals surface area contributed by atoms with Crippen LogP contribution in [0.15, 0.2) is 5.16 Å². The first-order valence-corrected chi connectivity index (χ1v) is 5.01.